The number of hydrogen-bond donors (Lipinski definition) is 1. The number of rotatable bonds is 4. The monoisotopic (exact) mass is 266 g/mol. The molecule has 0 atom stereocenters. The number of ether oxygens (including phenoxy) is 1. The van der Waals surface area contributed by atoms with Crippen molar-refractivity contribution in [3.05, 3.63) is 54.6 Å². The van der Waals surface area contributed by atoms with Crippen LogP contribution in [0.4, 0.5) is 0 Å². The molecule has 1 aromatic carbocycles. The molecule has 0 aliphatic carbocycles. The SMILES string of the molecule is CNCc1cnc(Oc2cccc3cccnc23)cn1. The molecule has 0 radical (unpaired) electrons. The number of nitrogens with one attached hydrogen (secondary N) is 1. The van der Waals surface area contributed by atoms with Crippen LogP contribution in [0.1, 0.15) is 5.69 Å². The molecule has 0 unspecified atom stereocenters. The highest BCUT2D eigenvalue weighted by atomic mass is 16.5. The molecule has 0 amide bonds. The van der Waals surface area contributed by atoms with Crippen LogP contribution in [0.2, 0.25) is 0 Å². The first-order chi connectivity index (χ1) is 9.86. The third kappa shape index (κ3) is 2.57. The van der Waals surface area contributed by atoms with Crippen LogP contribution in [-0.4, -0.2) is 22.0 Å². The lowest BCUT2D eigenvalue weighted by Crippen LogP contribution is -2.07. The first-order valence-corrected chi connectivity index (χ1v) is 6.34. The Bertz CT molecular complexity index is 707. The zero-order chi connectivity index (χ0) is 13.8. The van der Waals surface area contributed by atoms with Gasteiger partial charge in [0.1, 0.15) is 5.52 Å². The third-order valence-electron chi connectivity index (χ3n) is 2.85. The Morgan fingerprint density at radius 3 is 2.75 bits per heavy atom. The van der Waals surface area contributed by atoms with E-state index < -0.39 is 0 Å². The maximum absolute atomic E-state index is 5.77. The van der Waals surface area contributed by atoms with E-state index in [1.807, 2.05) is 37.4 Å². The Kier molecular flexibility index (Phi) is 3.52. The van der Waals surface area contributed by atoms with E-state index in [9.17, 15) is 0 Å². The average Bonchev–Trinajstić information content (AvgIpc) is 2.50. The molecule has 2 heterocycles. The number of benzene rings is 1. The lowest BCUT2D eigenvalue weighted by molar-refractivity contribution is 0.463. The molecule has 100 valence electrons. The zero-order valence-electron chi connectivity index (χ0n) is 11.1. The highest BCUT2D eigenvalue weighted by molar-refractivity contribution is 5.84. The minimum Gasteiger partial charge on any atom is -0.435 e. The van der Waals surface area contributed by atoms with Crippen molar-refractivity contribution in [3.63, 3.8) is 0 Å². The first-order valence-electron chi connectivity index (χ1n) is 6.34. The van der Waals surface area contributed by atoms with Gasteiger partial charge in [-0.25, -0.2) is 4.98 Å². The van der Waals surface area contributed by atoms with Crippen LogP contribution < -0.4 is 10.1 Å². The highest BCUT2D eigenvalue weighted by Crippen LogP contribution is 2.26. The van der Waals surface area contributed by atoms with Crippen LogP contribution >= 0.6 is 0 Å². The van der Waals surface area contributed by atoms with Crippen molar-refractivity contribution in [2.75, 3.05) is 7.05 Å². The fourth-order valence-corrected chi connectivity index (χ4v) is 1.94. The van der Waals surface area contributed by atoms with Crippen LogP contribution in [0.5, 0.6) is 11.6 Å². The number of pyridine rings is 1. The molecule has 0 bridgehead atoms. The Labute approximate surface area is 116 Å². The number of aromatic nitrogens is 3. The second-order valence-electron chi connectivity index (χ2n) is 4.31. The van der Waals surface area contributed by atoms with E-state index in [0.29, 0.717) is 18.2 Å². The van der Waals surface area contributed by atoms with Gasteiger partial charge in [0.2, 0.25) is 5.88 Å². The quantitative estimate of drug-likeness (QED) is 0.786. The maximum Gasteiger partial charge on any atom is 0.237 e. The van der Waals surface area contributed by atoms with E-state index >= 15 is 0 Å². The Hall–Kier alpha value is -2.53. The van der Waals surface area contributed by atoms with Crippen LogP contribution in [0.15, 0.2) is 48.9 Å². The molecule has 5 nitrogen and oxygen atoms in total. The molecule has 2 aromatic heterocycles. The number of nitrogens with zero attached hydrogens (tertiary/aromatic N) is 3. The second-order valence-corrected chi connectivity index (χ2v) is 4.31. The fourth-order valence-electron chi connectivity index (χ4n) is 1.94. The molecule has 0 spiro atoms. The standard InChI is InChI=1S/C15H14N4O/c1-16-8-12-9-19-14(10-18-12)20-13-6-2-4-11-5-3-7-17-15(11)13/h2-7,9-10,16H,8H2,1H3. The number of fused-ring (bicyclic) bond motifs is 1. The first kappa shape index (κ1) is 12.5. The normalized spacial score (nSPS) is 10.7. The number of hydrogen-bond acceptors (Lipinski definition) is 5. The highest BCUT2D eigenvalue weighted by Gasteiger charge is 2.05. The summed E-state index contributed by atoms with van der Waals surface area (Å²) in [7, 11) is 1.87. The van der Waals surface area contributed by atoms with Crippen LogP contribution in [0.25, 0.3) is 10.9 Å². The lowest BCUT2D eigenvalue weighted by atomic mass is 10.2. The summed E-state index contributed by atoms with van der Waals surface area (Å²) < 4.78 is 5.77. The van der Waals surface area contributed by atoms with Crippen LogP contribution in [-0.2, 0) is 6.54 Å². The van der Waals surface area contributed by atoms with E-state index in [0.717, 1.165) is 16.6 Å². The molecular formula is C15H14N4O. The van der Waals surface area contributed by atoms with E-state index in [4.69, 9.17) is 4.74 Å². The summed E-state index contributed by atoms with van der Waals surface area (Å²) in [6.45, 7) is 0.684. The van der Waals surface area contributed by atoms with Gasteiger partial charge in [0.15, 0.2) is 5.75 Å². The molecule has 0 saturated heterocycles. The molecule has 0 aliphatic heterocycles. The summed E-state index contributed by atoms with van der Waals surface area (Å²) in [6, 6.07) is 9.70. The minimum absolute atomic E-state index is 0.461. The van der Waals surface area contributed by atoms with E-state index in [2.05, 4.69) is 20.3 Å². The molecule has 0 aliphatic rings. The summed E-state index contributed by atoms with van der Waals surface area (Å²) in [6.07, 6.45) is 5.07. The van der Waals surface area contributed by atoms with Gasteiger partial charge in [0, 0.05) is 18.1 Å². The molecule has 20 heavy (non-hydrogen) atoms. The van der Waals surface area contributed by atoms with Gasteiger partial charge in [-0.15, -0.1) is 0 Å². The van der Waals surface area contributed by atoms with Gasteiger partial charge in [-0.2, -0.15) is 0 Å². The maximum atomic E-state index is 5.77. The molecule has 3 aromatic rings. The minimum atomic E-state index is 0.461. The van der Waals surface area contributed by atoms with E-state index in [1.165, 1.54) is 0 Å². The van der Waals surface area contributed by atoms with Crippen molar-refractivity contribution in [2.45, 2.75) is 6.54 Å². The van der Waals surface area contributed by atoms with Gasteiger partial charge < -0.3 is 10.1 Å². The molecule has 5 heteroatoms. The lowest BCUT2D eigenvalue weighted by Gasteiger charge is -2.07. The fraction of sp³-hybridized carbons (Fsp3) is 0.133. The Morgan fingerprint density at radius 1 is 1.05 bits per heavy atom. The van der Waals surface area contributed by atoms with Crippen LogP contribution in [0, 0.1) is 0 Å². The smallest absolute Gasteiger partial charge is 0.237 e. The second kappa shape index (κ2) is 5.63. The third-order valence-corrected chi connectivity index (χ3v) is 2.85. The summed E-state index contributed by atoms with van der Waals surface area (Å²) in [5.41, 5.74) is 1.69. The predicted octanol–water partition coefficient (Wildman–Crippen LogP) is 2.54. The van der Waals surface area contributed by atoms with Gasteiger partial charge in [0.05, 0.1) is 18.1 Å². The topological polar surface area (TPSA) is 59.9 Å². The van der Waals surface area contributed by atoms with Crippen LogP contribution in [0.3, 0.4) is 0 Å². The zero-order valence-corrected chi connectivity index (χ0v) is 11.1. The van der Waals surface area contributed by atoms with Crippen molar-refractivity contribution in [1.82, 2.24) is 20.3 Å². The van der Waals surface area contributed by atoms with E-state index in [1.54, 1.807) is 18.6 Å². The molecule has 3 rings (SSSR count). The van der Waals surface area contributed by atoms with Gasteiger partial charge in [-0.05, 0) is 19.2 Å². The van der Waals surface area contributed by atoms with Crippen molar-refractivity contribution in [1.29, 1.82) is 0 Å². The summed E-state index contributed by atoms with van der Waals surface area (Å²) in [4.78, 5) is 12.9. The largest absolute Gasteiger partial charge is 0.435 e. The van der Waals surface area contributed by atoms with Gasteiger partial charge in [-0.3, -0.25) is 9.97 Å². The van der Waals surface area contributed by atoms with E-state index in [-0.39, 0.29) is 0 Å². The molecular weight excluding hydrogens is 252 g/mol. The summed E-state index contributed by atoms with van der Waals surface area (Å²) in [5.74, 6) is 1.14. The van der Waals surface area contributed by atoms with Gasteiger partial charge in [0.25, 0.3) is 0 Å². The molecule has 0 fully saturated rings. The predicted molar refractivity (Wildman–Crippen MR) is 76.6 cm³/mol. The van der Waals surface area contributed by atoms with Crippen molar-refractivity contribution < 1.29 is 4.74 Å². The van der Waals surface area contributed by atoms with Crippen molar-refractivity contribution in [3.8, 4) is 11.6 Å². The molecule has 0 saturated carbocycles. The summed E-state index contributed by atoms with van der Waals surface area (Å²) >= 11 is 0. The van der Waals surface area contributed by atoms with Crippen molar-refractivity contribution in [2.24, 2.45) is 0 Å². The average molecular weight is 266 g/mol. The Morgan fingerprint density at radius 2 is 1.95 bits per heavy atom. The number of para-hydroxylation sites is 1. The Balaban J connectivity index is 1.89. The molecule has 1 N–H and O–H groups in total. The summed E-state index contributed by atoms with van der Waals surface area (Å²) in [5, 5.41) is 4.06. The van der Waals surface area contributed by atoms with Crippen molar-refractivity contribution >= 4 is 10.9 Å². The van der Waals surface area contributed by atoms with Gasteiger partial charge >= 0.3 is 0 Å². The van der Waals surface area contributed by atoms with Gasteiger partial charge in [-0.1, -0.05) is 18.2 Å².